The van der Waals surface area contributed by atoms with Gasteiger partial charge in [0.15, 0.2) is 29.6 Å². The van der Waals surface area contributed by atoms with Gasteiger partial charge in [-0.05, 0) is 34.4 Å². The van der Waals surface area contributed by atoms with E-state index in [0.717, 1.165) is 22.3 Å². The zero-order valence-electron chi connectivity index (χ0n) is 27.5. The number of hydrogen-bond donors (Lipinski definition) is 2. The highest BCUT2D eigenvalue weighted by molar-refractivity contribution is 6.04. The number of hydrogen-bond acceptors (Lipinski definition) is 5. The Morgan fingerprint density at radius 1 is 0.686 bits per heavy atom. The summed E-state index contributed by atoms with van der Waals surface area (Å²) < 4.78 is 83.3. The zero-order valence-corrected chi connectivity index (χ0v) is 27.5. The first kappa shape index (κ1) is 35.9. The maximum Gasteiger partial charge on any atom is 0.261 e. The van der Waals surface area contributed by atoms with Crippen LogP contribution in [-0.4, -0.2) is 28.6 Å². The molecule has 51 heavy (non-hydrogen) atoms. The molecule has 11 heteroatoms. The maximum absolute atomic E-state index is 14.4. The Morgan fingerprint density at radius 3 is 1.82 bits per heavy atom. The highest BCUT2D eigenvalue weighted by Gasteiger charge is 2.39. The van der Waals surface area contributed by atoms with Crippen molar-refractivity contribution >= 4 is 11.6 Å². The molecule has 0 aliphatic carbocycles. The Labute approximate surface area is 292 Å². The van der Waals surface area contributed by atoms with Crippen LogP contribution in [0.3, 0.4) is 0 Å². The summed E-state index contributed by atoms with van der Waals surface area (Å²) in [6, 6.07) is 33.6. The van der Waals surface area contributed by atoms with Crippen molar-refractivity contribution in [3.8, 4) is 0 Å². The average Bonchev–Trinajstić information content (AvgIpc) is 3.15. The van der Waals surface area contributed by atoms with Crippen molar-refractivity contribution in [2.75, 3.05) is 11.9 Å². The molecule has 4 atom stereocenters. The second-order valence-electron chi connectivity index (χ2n) is 12.5. The van der Waals surface area contributed by atoms with E-state index in [4.69, 9.17) is 9.47 Å². The molecule has 4 unspecified atom stereocenters. The van der Waals surface area contributed by atoms with Crippen molar-refractivity contribution in [2.24, 2.45) is 5.92 Å². The number of anilines is 1. The lowest BCUT2D eigenvalue weighted by molar-refractivity contribution is -0.276. The number of aliphatic hydroxyl groups is 1. The van der Waals surface area contributed by atoms with Crippen molar-refractivity contribution in [1.82, 2.24) is 4.90 Å². The molecule has 6 nitrogen and oxygen atoms in total. The molecule has 1 saturated heterocycles. The quantitative estimate of drug-likeness (QED) is 0.0820. The lowest BCUT2D eigenvalue weighted by Crippen LogP contribution is -2.44. The molecule has 1 amide bonds. The third-order valence-corrected chi connectivity index (χ3v) is 8.91. The largest absolute Gasteiger partial charge is 0.392 e. The van der Waals surface area contributed by atoms with Gasteiger partial charge in [0, 0.05) is 36.8 Å². The van der Waals surface area contributed by atoms with Crippen LogP contribution in [0.15, 0.2) is 109 Å². The normalized spacial score (nSPS) is 18.9. The van der Waals surface area contributed by atoms with Crippen molar-refractivity contribution < 1.29 is 41.3 Å². The van der Waals surface area contributed by atoms with E-state index in [1.54, 1.807) is 12.1 Å². The molecule has 0 aromatic heterocycles. The zero-order chi connectivity index (χ0) is 36.1. The Bertz CT molecular complexity index is 1890. The summed E-state index contributed by atoms with van der Waals surface area (Å²) in [4.78, 5) is 15.1. The number of carbonyl (C=O) groups excluding carboxylic acids is 1. The van der Waals surface area contributed by atoms with Crippen LogP contribution < -0.4 is 5.32 Å². The van der Waals surface area contributed by atoms with Gasteiger partial charge in [-0.3, -0.25) is 9.69 Å². The molecule has 5 aromatic rings. The predicted octanol–water partition coefficient (Wildman–Crippen LogP) is 8.62. The van der Waals surface area contributed by atoms with Gasteiger partial charge in [0.05, 0.1) is 18.8 Å². The van der Waals surface area contributed by atoms with Gasteiger partial charge in [-0.1, -0.05) is 104 Å². The summed E-state index contributed by atoms with van der Waals surface area (Å²) in [6.07, 6.45) is -1.83. The summed E-state index contributed by atoms with van der Waals surface area (Å²) >= 11 is 0. The SMILES string of the molecule is CC1C(CN(Cc2ccccc2)Cc2ccccc2)OC(c2cccc(NC(=O)c3c(F)c(F)c(F)c(F)c3F)c2)OC1c1ccc(CO)cc1. The topological polar surface area (TPSA) is 71.0 Å². The molecular weight excluding hydrogens is 667 g/mol. The molecule has 1 aliphatic heterocycles. The van der Waals surface area contributed by atoms with E-state index >= 15 is 0 Å². The van der Waals surface area contributed by atoms with Gasteiger partial charge in [-0.25, -0.2) is 22.0 Å². The van der Waals surface area contributed by atoms with Crippen molar-refractivity contribution in [2.45, 2.75) is 45.1 Å². The third-order valence-electron chi connectivity index (χ3n) is 8.91. The third kappa shape index (κ3) is 8.18. The molecular formula is C40H35F5N2O4. The average molecular weight is 703 g/mol. The Morgan fingerprint density at radius 2 is 1.25 bits per heavy atom. The number of rotatable bonds is 11. The molecule has 2 N–H and O–H groups in total. The number of nitrogens with zero attached hydrogens (tertiary/aromatic N) is 1. The fourth-order valence-corrected chi connectivity index (χ4v) is 6.21. The van der Waals surface area contributed by atoms with Gasteiger partial charge in [-0.15, -0.1) is 0 Å². The highest BCUT2D eigenvalue weighted by atomic mass is 19.2. The summed E-state index contributed by atoms with van der Waals surface area (Å²) in [7, 11) is 0. The molecule has 1 heterocycles. The summed E-state index contributed by atoms with van der Waals surface area (Å²) in [5, 5.41) is 11.9. The molecule has 1 aliphatic rings. The molecule has 0 radical (unpaired) electrons. The Balaban J connectivity index is 1.30. The van der Waals surface area contributed by atoms with Crippen LogP contribution in [0.25, 0.3) is 0 Å². The molecule has 6 rings (SSSR count). The first-order valence-electron chi connectivity index (χ1n) is 16.4. The molecule has 0 saturated carbocycles. The van der Waals surface area contributed by atoms with Crippen LogP contribution in [-0.2, 0) is 29.2 Å². The van der Waals surface area contributed by atoms with E-state index in [2.05, 4.69) is 34.5 Å². The van der Waals surface area contributed by atoms with E-state index < -0.39 is 53.0 Å². The van der Waals surface area contributed by atoms with Crippen LogP contribution in [0.1, 0.15) is 57.5 Å². The van der Waals surface area contributed by atoms with E-state index in [1.165, 1.54) is 12.1 Å². The highest BCUT2D eigenvalue weighted by Crippen LogP contribution is 2.42. The van der Waals surface area contributed by atoms with Gasteiger partial charge in [0.2, 0.25) is 5.82 Å². The number of carbonyl (C=O) groups is 1. The standard InChI is InChI=1S/C40H35F5N2O4/c1-24-31(22-47(20-25-9-4-2-5-10-25)21-26-11-6-3-7-12-26)50-40(51-38(24)28-17-15-27(23-48)16-18-28)29-13-8-14-30(19-29)46-39(49)32-33(41)35(43)37(45)36(44)34(32)42/h2-19,24,31,38,40,48H,20-23H2,1H3,(H,46,49). The number of ether oxygens (including phenoxy) is 2. The summed E-state index contributed by atoms with van der Waals surface area (Å²) in [5.41, 5.74) is 2.70. The first-order valence-corrected chi connectivity index (χ1v) is 16.4. The molecule has 5 aromatic carbocycles. The molecule has 0 bridgehead atoms. The van der Waals surface area contributed by atoms with Gasteiger partial charge in [0.25, 0.3) is 5.91 Å². The number of nitrogens with one attached hydrogen (secondary N) is 1. The second-order valence-corrected chi connectivity index (χ2v) is 12.5. The fraction of sp³-hybridized carbons (Fsp3) is 0.225. The van der Waals surface area contributed by atoms with Crippen molar-refractivity contribution in [1.29, 1.82) is 0 Å². The molecule has 1 fully saturated rings. The van der Waals surface area contributed by atoms with Gasteiger partial charge >= 0.3 is 0 Å². The van der Waals surface area contributed by atoms with E-state index in [0.29, 0.717) is 25.2 Å². The van der Waals surface area contributed by atoms with Gasteiger partial charge in [0.1, 0.15) is 5.56 Å². The van der Waals surface area contributed by atoms with Gasteiger partial charge in [-0.2, -0.15) is 0 Å². The minimum atomic E-state index is -2.36. The second kappa shape index (κ2) is 15.9. The minimum absolute atomic E-state index is 0.0162. The van der Waals surface area contributed by atoms with E-state index in [-0.39, 0.29) is 24.3 Å². The fourth-order valence-electron chi connectivity index (χ4n) is 6.21. The lowest BCUT2D eigenvalue weighted by atomic mass is 9.89. The van der Waals surface area contributed by atoms with Crippen LogP contribution in [0.2, 0.25) is 0 Å². The molecule has 264 valence electrons. The van der Waals surface area contributed by atoms with Crippen molar-refractivity contribution in [3.63, 3.8) is 0 Å². The molecule has 0 spiro atoms. The minimum Gasteiger partial charge on any atom is -0.392 e. The van der Waals surface area contributed by atoms with E-state index in [1.807, 2.05) is 67.6 Å². The van der Waals surface area contributed by atoms with E-state index in [9.17, 15) is 31.9 Å². The summed E-state index contributed by atoms with van der Waals surface area (Å²) in [6.45, 7) is 3.71. The number of aliphatic hydroxyl groups excluding tert-OH is 1. The van der Waals surface area contributed by atoms with Crippen LogP contribution >= 0.6 is 0 Å². The summed E-state index contributed by atoms with van der Waals surface area (Å²) in [5.74, 6) is -12.9. The van der Waals surface area contributed by atoms with Crippen molar-refractivity contribution in [3.05, 3.63) is 172 Å². The Hall–Kier alpha value is -4.94. The number of halogens is 5. The monoisotopic (exact) mass is 702 g/mol. The van der Waals surface area contributed by atoms with Crippen LogP contribution in [0, 0.1) is 35.0 Å². The first-order chi connectivity index (χ1) is 24.6. The predicted molar refractivity (Wildman–Crippen MR) is 181 cm³/mol. The maximum atomic E-state index is 14.4. The number of amides is 1. The number of benzene rings is 5. The lowest BCUT2D eigenvalue weighted by Gasteiger charge is -2.43. The smallest absolute Gasteiger partial charge is 0.261 e. The van der Waals surface area contributed by atoms with Crippen LogP contribution in [0.4, 0.5) is 27.6 Å². The Kier molecular flexibility index (Phi) is 11.2. The van der Waals surface area contributed by atoms with Gasteiger partial charge < -0.3 is 19.9 Å². The van der Waals surface area contributed by atoms with Crippen LogP contribution in [0.5, 0.6) is 0 Å².